The summed E-state index contributed by atoms with van der Waals surface area (Å²) in [6.45, 7) is 4.88. The van der Waals surface area contributed by atoms with Crippen molar-refractivity contribution in [2.24, 2.45) is 0 Å². The number of nitriles is 1. The zero-order valence-corrected chi connectivity index (χ0v) is 21.0. The van der Waals surface area contributed by atoms with E-state index in [4.69, 9.17) is 0 Å². The second-order valence-corrected chi connectivity index (χ2v) is 10.1. The van der Waals surface area contributed by atoms with Crippen LogP contribution in [0.15, 0.2) is 55.1 Å². The number of rotatable bonds is 4. The number of benzene rings is 1. The number of carbonyl (C=O) groups is 1. The minimum atomic E-state index is -1.22. The molecule has 0 unspecified atom stereocenters. The standard InChI is InChI=1S/C28H26FN7O2/c1-17-14-35(27(37)28(38)8-9-28)18(2)13-34(17)25-24-21(20-5-3-4-6-22(20)29)15-36(26(24)33-16-32-25)23-11-19(12-30)7-10-31-23/h3-7,10-11,15-18,38H,8-9,13-14H2,1-2H3/t17-,18+/m0/s1. The Kier molecular flexibility index (Phi) is 5.61. The Balaban J connectivity index is 1.50. The topological polar surface area (TPSA) is 111 Å². The fourth-order valence-electron chi connectivity index (χ4n) is 5.25. The van der Waals surface area contributed by atoms with Gasteiger partial charge < -0.3 is 14.9 Å². The van der Waals surface area contributed by atoms with Crippen molar-refractivity contribution in [3.8, 4) is 23.0 Å². The number of halogens is 1. The zero-order chi connectivity index (χ0) is 26.6. The van der Waals surface area contributed by atoms with Crippen molar-refractivity contribution in [1.29, 1.82) is 5.26 Å². The minimum absolute atomic E-state index is 0.118. The first-order valence-electron chi connectivity index (χ1n) is 12.6. The van der Waals surface area contributed by atoms with E-state index in [1.54, 1.807) is 52.2 Å². The van der Waals surface area contributed by atoms with Crippen LogP contribution in [0.2, 0.25) is 0 Å². The zero-order valence-electron chi connectivity index (χ0n) is 21.0. The molecule has 1 aliphatic carbocycles. The van der Waals surface area contributed by atoms with Crippen LogP contribution in [0, 0.1) is 17.1 Å². The number of anilines is 1. The smallest absolute Gasteiger partial charge is 0.254 e. The Morgan fingerprint density at radius 3 is 2.63 bits per heavy atom. The average molecular weight is 512 g/mol. The van der Waals surface area contributed by atoms with Gasteiger partial charge in [-0.25, -0.2) is 19.3 Å². The van der Waals surface area contributed by atoms with Gasteiger partial charge in [-0.1, -0.05) is 18.2 Å². The van der Waals surface area contributed by atoms with Crippen LogP contribution in [0.5, 0.6) is 0 Å². The molecule has 4 heterocycles. The van der Waals surface area contributed by atoms with E-state index in [0.29, 0.717) is 65.3 Å². The highest BCUT2D eigenvalue weighted by atomic mass is 19.1. The van der Waals surface area contributed by atoms with Gasteiger partial charge in [0.15, 0.2) is 5.65 Å². The molecule has 1 amide bonds. The van der Waals surface area contributed by atoms with Crippen molar-refractivity contribution in [2.45, 2.75) is 44.4 Å². The second-order valence-electron chi connectivity index (χ2n) is 10.1. The summed E-state index contributed by atoms with van der Waals surface area (Å²) in [5.41, 5.74) is 0.747. The summed E-state index contributed by atoms with van der Waals surface area (Å²) >= 11 is 0. The van der Waals surface area contributed by atoms with Gasteiger partial charge in [0.1, 0.15) is 29.4 Å². The van der Waals surface area contributed by atoms with Gasteiger partial charge in [-0.2, -0.15) is 5.26 Å². The summed E-state index contributed by atoms with van der Waals surface area (Å²) in [6, 6.07) is 11.7. The van der Waals surface area contributed by atoms with Crippen molar-refractivity contribution < 1.29 is 14.3 Å². The molecule has 0 radical (unpaired) electrons. The van der Waals surface area contributed by atoms with Crippen LogP contribution in [0.25, 0.3) is 28.0 Å². The van der Waals surface area contributed by atoms with Gasteiger partial charge in [0.05, 0.1) is 17.0 Å². The van der Waals surface area contributed by atoms with E-state index in [2.05, 4.69) is 25.9 Å². The predicted octanol–water partition coefficient (Wildman–Crippen LogP) is 3.44. The number of aromatic nitrogens is 4. The first-order valence-corrected chi connectivity index (χ1v) is 12.6. The van der Waals surface area contributed by atoms with Gasteiger partial charge >= 0.3 is 0 Å². The predicted molar refractivity (Wildman–Crippen MR) is 139 cm³/mol. The molecule has 4 aromatic rings. The summed E-state index contributed by atoms with van der Waals surface area (Å²) in [5, 5.41) is 20.5. The molecule has 38 heavy (non-hydrogen) atoms. The number of hydrogen-bond donors (Lipinski definition) is 1. The lowest BCUT2D eigenvalue weighted by Crippen LogP contribution is -2.60. The van der Waals surface area contributed by atoms with Crippen LogP contribution in [-0.4, -0.2) is 66.2 Å². The van der Waals surface area contributed by atoms with Gasteiger partial charge in [-0.15, -0.1) is 0 Å². The molecule has 10 heteroatoms. The number of fused-ring (bicyclic) bond motifs is 1. The van der Waals surface area contributed by atoms with E-state index in [-0.39, 0.29) is 23.8 Å². The molecule has 2 atom stereocenters. The van der Waals surface area contributed by atoms with E-state index in [1.807, 2.05) is 13.8 Å². The summed E-state index contributed by atoms with van der Waals surface area (Å²) in [7, 11) is 0. The summed E-state index contributed by atoms with van der Waals surface area (Å²) < 4.78 is 16.9. The van der Waals surface area contributed by atoms with E-state index >= 15 is 4.39 Å². The third-order valence-electron chi connectivity index (χ3n) is 7.49. The van der Waals surface area contributed by atoms with E-state index in [0.717, 1.165) is 0 Å². The number of aliphatic hydroxyl groups is 1. The van der Waals surface area contributed by atoms with Crippen molar-refractivity contribution in [3.05, 3.63) is 66.5 Å². The molecule has 1 saturated heterocycles. The third kappa shape index (κ3) is 3.87. The van der Waals surface area contributed by atoms with Crippen LogP contribution in [0.3, 0.4) is 0 Å². The summed E-state index contributed by atoms with van der Waals surface area (Å²) in [5.74, 6) is 0.511. The molecule has 192 valence electrons. The van der Waals surface area contributed by atoms with Gasteiger partial charge in [-0.05, 0) is 44.9 Å². The largest absolute Gasteiger partial charge is 0.380 e. The third-order valence-corrected chi connectivity index (χ3v) is 7.49. The molecule has 1 saturated carbocycles. The maximum atomic E-state index is 15.1. The highest BCUT2D eigenvalue weighted by Gasteiger charge is 2.52. The van der Waals surface area contributed by atoms with E-state index in [1.165, 1.54) is 12.4 Å². The van der Waals surface area contributed by atoms with Crippen LogP contribution < -0.4 is 4.90 Å². The molecular formula is C28H26FN7O2. The lowest BCUT2D eigenvalue weighted by Gasteiger charge is -2.45. The molecular weight excluding hydrogens is 485 g/mol. The molecule has 0 bridgehead atoms. The monoisotopic (exact) mass is 511 g/mol. The Morgan fingerprint density at radius 1 is 1.11 bits per heavy atom. The molecule has 1 aliphatic heterocycles. The fraction of sp³-hybridized carbons (Fsp3) is 0.321. The number of pyridine rings is 1. The van der Waals surface area contributed by atoms with E-state index < -0.39 is 5.60 Å². The van der Waals surface area contributed by atoms with Crippen LogP contribution in [0.4, 0.5) is 10.2 Å². The highest BCUT2D eigenvalue weighted by molar-refractivity contribution is 6.02. The molecule has 2 fully saturated rings. The van der Waals surface area contributed by atoms with Gasteiger partial charge in [0.2, 0.25) is 0 Å². The van der Waals surface area contributed by atoms with Gasteiger partial charge in [-0.3, -0.25) is 9.36 Å². The first-order chi connectivity index (χ1) is 18.3. The fourth-order valence-corrected chi connectivity index (χ4v) is 5.25. The van der Waals surface area contributed by atoms with Gasteiger partial charge in [0, 0.05) is 48.7 Å². The van der Waals surface area contributed by atoms with Crippen LogP contribution in [0.1, 0.15) is 32.3 Å². The Labute approximate surface area is 218 Å². The van der Waals surface area contributed by atoms with Crippen molar-refractivity contribution in [2.75, 3.05) is 18.0 Å². The Morgan fingerprint density at radius 2 is 1.89 bits per heavy atom. The minimum Gasteiger partial charge on any atom is -0.380 e. The maximum absolute atomic E-state index is 15.1. The number of piperazine rings is 1. The van der Waals surface area contributed by atoms with Gasteiger partial charge in [0.25, 0.3) is 5.91 Å². The average Bonchev–Trinajstić information content (AvgIpc) is 3.57. The Bertz CT molecular complexity index is 1610. The molecule has 3 aromatic heterocycles. The molecule has 2 aliphatic rings. The number of amides is 1. The summed E-state index contributed by atoms with van der Waals surface area (Å²) in [6.07, 6.45) is 5.80. The van der Waals surface area contributed by atoms with Crippen molar-refractivity contribution in [3.63, 3.8) is 0 Å². The normalized spacial score (nSPS) is 20.4. The molecule has 1 N–H and O–H groups in total. The molecule has 1 aromatic carbocycles. The number of hydrogen-bond acceptors (Lipinski definition) is 7. The van der Waals surface area contributed by atoms with Crippen LogP contribution >= 0.6 is 0 Å². The van der Waals surface area contributed by atoms with Crippen LogP contribution in [-0.2, 0) is 4.79 Å². The number of nitrogens with zero attached hydrogens (tertiary/aromatic N) is 7. The quantitative estimate of drug-likeness (QED) is 0.447. The van der Waals surface area contributed by atoms with E-state index in [9.17, 15) is 15.2 Å². The Hall–Kier alpha value is -4.36. The number of carbonyl (C=O) groups excluding carboxylic acids is 1. The molecule has 9 nitrogen and oxygen atoms in total. The molecule has 0 spiro atoms. The second kappa shape index (κ2) is 8.89. The SMILES string of the molecule is C[C@@H]1CN(c2ncnc3c2c(-c2ccccc2F)cn3-c2cc(C#N)ccn2)[C@@H](C)CN1C(=O)C1(O)CC1. The first kappa shape index (κ1) is 24.0. The maximum Gasteiger partial charge on any atom is 0.254 e. The highest BCUT2D eigenvalue weighted by Crippen LogP contribution is 2.41. The van der Waals surface area contributed by atoms with Crippen molar-refractivity contribution in [1.82, 2.24) is 24.4 Å². The van der Waals surface area contributed by atoms with Crippen molar-refractivity contribution >= 4 is 22.8 Å². The lowest BCUT2D eigenvalue weighted by molar-refractivity contribution is -0.145. The molecule has 6 rings (SSSR count). The summed E-state index contributed by atoms with van der Waals surface area (Å²) in [4.78, 5) is 30.5. The lowest BCUT2D eigenvalue weighted by atomic mass is 10.0.